The molecule has 0 atom stereocenters. The molecular formula is C19H24FN7O. The van der Waals surface area contributed by atoms with Crippen LogP contribution in [0.2, 0.25) is 0 Å². The molecule has 0 unspecified atom stereocenters. The van der Waals surface area contributed by atoms with E-state index in [-0.39, 0.29) is 5.82 Å². The minimum absolute atomic E-state index is 0.349. The van der Waals surface area contributed by atoms with Gasteiger partial charge in [-0.25, -0.2) is 9.37 Å². The Bertz CT molecular complexity index is 939. The summed E-state index contributed by atoms with van der Waals surface area (Å²) in [5.74, 6) is 1.08. The third-order valence-corrected chi connectivity index (χ3v) is 4.75. The molecule has 1 aliphatic rings. The Labute approximate surface area is 162 Å². The highest BCUT2D eigenvalue weighted by atomic mass is 19.1. The van der Waals surface area contributed by atoms with Gasteiger partial charge in [-0.1, -0.05) is 13.0 Å². The second-order valence-electron chi connectivity index (χ2n) is 6.67. The number of fused-ring (bicyclic) bond motifs is 1. The van der Waals surface area contributed by atoms with Crippen LogP contribution in [0.1, 0.15) is 12.6 Å². The monoisotopic (exact) mass is 385 g/mol. The van der Waals surface area contributed by atoms with Crippen molar-refractivity contribution >= 4 is 28.5 Å². The fourth-order valence-corrected chi connectivity index (χ4v) is 3.19. The van der Waals surface area contributed by atoms with Crippen LogP contribution < -0.4 is 10.6 Å². The van der Waals surface area contributed by atoms with E-state index in [1.54, 1.807) is 12.1 Å². The summed E-state index contributed by atoms with van der Waals surface area (Å²) >= 11 is 0. The van der Waals surface area contributed by atoms with Gasteiger partial charge in [0.1, 0.15) is 11.6 Å². The van der Waals surface area contributed by atoms with E-state index in [2.05, 4.69) is 35.7 Å². The zero-order chi connectivity index (χ0) is 19.3. The summed E-state index contributed by atoms with van der Waals surface area (Å²) in [6.07, 6.45) is 0.835. The van der Waals surface area contributed by atoms with Gasteiger partial charge < -0.3 is 15.4 Å². The molecule has 1 aromatic carbocycles. The molecule has 8 nitrogen and oxygen atoms in total. The number of morpholine rings is 1. The number of rotatable bonds is 7. The minimum atomic E-state index is -0.369. The van der Waals surface area contributed by atoms with Crippen molar-refractivity contribution in [3.63, 3.8) is 0 Å². The lowest BCUT2D eigenvalue weighted by Crippen LogP contribution is -2.39. The van der Waals surface area contributed by atoms with E-state index in [9.17, 15) is 4.39 Å². The number of hydrogen-bond acceptors (Lipinski definition) is 7. The topological polar surface area (TPSA) is 91.0 Å². The summed E-state index contributed by atoms with van der Waals surface area (Å²) in [7, 11) is 0. The van der Waals surface area contributed by atoms with Crippen LogP contribution in [-0.4, -0.2) is 64.5 Å². The van der Waals surface area contributed by atoms with Crippen molar-refractivity contribution in [2.45, 2.75) is 13.3 Å². The molecule has 1 fully saturated rings. The molecule has 3 heterocycles. The molecule has 3 N–H and O–H groups in total. The number of benzene rings is 1. The molecule has 28 heavy (non-hydrogen) atoms. The first-order chi connectivity index (χ1) is 13.7. The standard InChI is InChI=1S/C19H24FN7O/c1-2-13-12-16(26-25-13)23-18-17-14(20)4-3-5-15(17)22-19(24-18)21-6-7-27-8-10-28-11-9-27/h3-5,12H,2,6-11H2,1H3,(H3,21,22,23,24,25,26). The van der Waals surface area contributed by atoms with Gasteiger partial charge in [0.25, 0.3) is 0 Å². The van der Waals surface area contributed by atoms with Crippen molar-refractivity contribution in [3.8, 4) is 0 Å². The summed E-state index contributed by atoms with van der Waals surface area (Å²) in [6.45, 7) is 6.99. The van der Waals surface area contributed by atoms with Gasteiger partial charge in [0, 0.05) is 37.9 Å². The Morgan fingerprint density at radius 3 is 2.89 bits per heavy atom. The second-order valence-corrected chi connectivity index (χ2v) is 6.67. The van der Waals surface area contributed by atoms with Crippen LogP contribution in [0.15, 0.2) is 24.3 Å². The molecule has 0 saturated carbocycles. The maximum atomic E-state index is 14.5. The molecule has 0 bridgehead atoms. The van der Waals surface area contributed by atoms with E-state index in [0.717, 1.165) is 45.0 Å². The Kier molecular flexibility index (Phi) is 5.63. The second kappa shape index (κ2) is 8.49. The Morgan fingerprint density at radius 1 is 1.25 bits per heavy atom. The molecule has 0 radical (unpaired) electrons. The lowest BCUT2D eigenvalue weighted by Gasteiger charge is -2.26. The fraction of sp³-hybridized carbons (Fsp3) is 0.421. The first kappa shape index (κ1) is 18.6. The maximum absolute atomic E-state index is 14.5. The van der Waals surface area contributed by atoms with Crippen LogP contribution in [0.4, 0.5) is 22.0 Å². The zero-order valence-electron chi connectivity index (χ0n) is 15.8. The molecule has 1 aliphatic heterocycles. The van der Waals surface area contributed by atoms with Crippen molar-refractivity contribution in [1.29, 1.82) is 0 Å². The summed E-state index contributed by atoms with van der Waals surface area (Å²) in [5, 5.41) is 13.9. The molecule has 148 valence electrons. The van der Waals surface area contributed by atoms with E-state index >= 15 is 0 Å². The molecule has 1 saturated heterocycles. The third-order valence-electron chi connectivity index (χ3n) is 4.75. The number of aromatic amines is 1. The van der Waals surface area contributed by atoms with E-state index < -0.39 is 0 Å². The predicted octanol–water partition coefficient (Wildman–Crippen LogP) is 2.54. The van der Waals surface area contributed by atoms with Crippen LogP contribution in [0.3, 0.4) is 0 Å². The zero-order valence-corrected chi connectivity index (χ0v) is 15.8. The van der Waals surface area contributed by atoms with Crippen LogP contribution >= 0.6 is 0 Å². The number of hydrogen-bond donors (Lipinski definition) is 3. The average molecular weight is 385 g/mol. The SMILES string of the molecule is CCc1cc(Nc2nc(NCCN3CCOCC3)nc3cccc(F)c23)n[nH]1. The van der Waals surface area contributed by atoms with Crippen molar-refractivity contribution in [3.05, 3.63) is 35.8 Å². The van der Waals surface area contributed by atoms with Gasteiger partial charge in [-0.2, -0.15) is 10.1 Å². The molecule has 3 aromatic rings. The van der Waals surface area contributed by atoms with E-state index in [1.807, 2.05) is 13.0 Å². The van der Waals surface area contributed by atoms with Gasteiger partial charge >= 0.3 is 0 Å². The van der Waals surface area contributed by atoms with Crippen molar-refractivity contribution in [1.82, 2.24) is 25.1 Å². The van der Waals surface area contributed by atoms with Crippen LogP contribution in [0.5, 0.6) is 0 Å². The van der Waals surface area contributed by atoms with Gasteiger partial charge in [-0.15, -0.1) is 0 Å². The summed E-state index contributed by atoms with van der Waals surface area (Å²) < 4.78 is 19.8. The van der Waals surface area contributed by atoms with Crippen molar-refractivity contribution in [2.75, 3.05) is 50.0 Å². The van der Waals surface area contributed by atoms with Gasteiger partial charge in [-0.05, 0) is 18.6 Å². The molecule has 0 amide bonds. The molecular weight excluding hydrogens is 361 g/mol. The van der Waals surface area contributed by atoms with E-state index in [0.29, 0.717) is 35.0 Å². The quantitative estimate of drug-likeness (QED) is 0.576. The summed E-state index contributed by atoms with van der Waals surface area (Å²) in [6, 6.07) is 6.72. The number of ether oxygens (including phenoxy) is 1. The molecule has 4 rings (SSSR count). The van der Waals surface area contributed by atoms with Gasteiger partial charge in [0.2, 0.25) is 5.95 Å². The number of aromatic nitrogens is 4. The minimum Gasteiger partial charge on any atom is -0.379 e. The number of nitrogens with zero attached hydrogens (tertiary/aromatic N) is 4. The molecule has 9 heteroatoms. The third kappa shape index (κ3) is 4.20. The average Bonchev–Trinajstić information content (AvgIpc) is 3.16. The summed E-state index contributed by atoms with van der Waals surface area (Å²) in [4.78, 5) is 11.3. The Morgan fingerprint density at radius 2 is 2.11 bits per heavy atom. The summed E-state index contributed by atoms with van der Waals surface area (Å²) in [5.41, 5.74) is 1.53. The highest BCUT2D eigenvalue weighted by Crippen LogP contribution is 2.27. The molecule has 0 aliphatic carbocycles. The highest BCUT2D eigenvalue weighted by molar-refractivity contribution is 5.92. The molecule has 2 aromatic heterocycles. The van der Waals surface area contributed by atoms with E-state index in [1.165, 1.54) is 6.07 Å². The number of H-pyrrole nitrogens is 1. The first-order valence-corrected chi connectivity index (χ1v) is 9.54. The lowest BCUT2D eigenvalue weighted by molar-refractivity contribution is 0.0398. The number of aryl methyl sites for hydroxylation is 1. The largest absolute Gasteiger partial charge is 0.379 e. The van der Waals surface area contributed by atoms with E-state index in [4.69, 9.17) is 4.74 Å². The normalized spacial score (nSPS) is 15.1. The van der Waals surface area contributed by atoms with Crippen LogP contribution in [0.25, 0.3) is 10.9 Å². The predicted molar refractivity (Wildman–Crippen MR) is 106 cm³/mol. The Hall–Kier alpha value is -2.78. The van der Waals surface area contributed by atoms with Gasteiger partial charge in [0.05, 0.1) is 24.1 Å². The van der Waals surface area contributed by atoms with Gasteiger partial charge in [-0.3, -0.25) is 10.00 Å². The smallest absolute Gasteiger partial charge is 0.225 e. The van der Waals surface area contributed by atoms with Crippen LogP contribution in [0, 0.1) is 5.82 Å². The fourth-order valence-electron chi connectivity index (χ4n) is 3.19. The maximum Gasteiger partial charge on any atom is 0.225 e. The number of nitrogens with one attached hydrogen (secondary N) is 3. The Balaban J connectivity index is 1.55. The number of halogens is 1. The highest BCUT2D eigenvalue weighted by Gasteiger charge is 2.14. The van der Waals surface area contributed by atoms with Crippen molar-refractivity contribution < 1.29 is 9.13 Å². The van der Waals surface area contributed by atoms with Crippen LogP contribution in [-0.2, 0) is 11.2 Å². The van der Waals surface area contributed by atoms with Gasteiger partial charge in [0.15, 0.2) is 5.82 Å². The van der Waals surface area contributed by atoms with Crippen molar-refractivity contribution in [2.24, 2.45) is 0 Å². The first-order valence-electron chi connectivity index (χ1n) is 9.54. The molecule has 0 spiro atoms. The number of anilines is 3. The lowest BCUT2D eigenvalue weighted by atomic mass is 10.2.